The Kier molecular flexibility index (Phi) is 5.30. The molecule has 0 aliphatic carbocycles. The number of thioether (sulfide) groups is 1. The lowest BCUT2D eigenvalue weighted by molar-refractivity contribution is -0.0328. The standard InChI is InChI=1S/C11H13F3O2S/c1-2-16-7-10(15)8-3-5-9(6-4-8)17-11(12,13)14/h3-6,10,15H,2,7H2,1H3. The van der Waals surface area contributed by atoms with E-state index in [0.717, 1.165) is 0 Å². The number of hydrogen-bond acceptors (Lipinski definition) is 3. The van der Waals surface area contributed by atoms with Gasteiger partial charge in [-0.2, -0.15) is 13.2 Å². The zero-order chi connectivity index (χ0) is 12.9. The maximum Gasteiger partial charge on any atom is 0.446 e. The topological polar surface area (TPSA) is 29.5 Å². The lowest BCUT2D eigenvalue weighted by atomic mass is 10.1. The van der Waals surface area contributed by atoms with Crippen molar-refractivity contribution in [3.8, 4) is 0 Å². The Morgan fingerprint density at radius 2 is 1.88 bits per heavy atom. The van der Waals surface area contributed by atoms with E-state index in [2.05, 4.69) is 0 Å². The average Bonchev–Trinajstić information content (AvgIpc) is 2.24. The molecule has 0 saturated heterocycles. The third-order valence-electron chi connectivity index (χ3n) is 1.98. The molecule has 0 amide bonds. The minimum Gasteiger partial charge on any atom is -0.386 e. The van der Waals surface area contributed by atoms with Gasteiger partial charge in [0.2, 0.25) is 0 Å². The molecule has 0 bridgehead atoms. The second kappa shape index (κ2) is 6.28. The summed E-state index contributed by atoms with van der Waals surface area (Å²) in [5.41, 5.74) is -3.74. The van der Waals surface area contributed by atoms with Crippen LogP contribution in [-0.2, 0) is 4.74 Å². The summed E-state index contributed by atoms with van der Waals surface area (Å²) in [6, 6.07) is 5.61. The molecule has 1 N–H and O–H groups in total. The smallest absolute Gasteiger partial charge is 0.386 e. The maximum absolute atomic E-state index is 12.1. The van der Waals surface area contributed by atoms with E-state index in [1.165, 1.54) is 24.3 Å². The molecule has 2 nitrogen and oxygen atoms in total. The number of ether oxygens (including phenoxy) is 1. The van der Waals surface area contributed by atoms with Gasteiger partial charge in [0.15, 0.2) is 0 Å². The Hall–Kier alpha value is -0.720. The fraction of sp³-hybridized carbons (Fsp3) is 0.455. The summed E-state index contributed by atoms with van der Waals surface area (Å²) < 4.78 is 41.2. The monoisotopic (exact) mass is 266 g/mol. The maximum atomic E-state index is 12.1. The van der Waals surface area contributed by atoms with E-state index >= 15 is 0 Å². The van der Waals surface area contributed by atoms with Crippen LogP contribution in [-0.4, -0.2) is 23.8 Å². The normalized spacial score (nSPS) is 13.7. The van der Waals surface area contributed by atoms with Gasteiger partial charge in [-0.3, -0.25) is 0 Å². The summed E-state index contributed by atoms with van der Waals surface area (Å²) in [5, 5.41) is 9.62. The molecule has 0 spiro atoms. The van der Waals surface area contributed by atoms with Crippen LogP contribution in [0.1, 0.15) is 18.6 Å². The molecule has 0 aliphatic rings. The van der Waals surface area contributed by atoms with Gasteiger partial charge in [-0.15, -0.1) is 0 Å². The number of aliphatic hydroxyl groups excluding tert-OH is 1. The van der Waals surface area contributed by atoms with Crippen LogP contribution in [0.5, 0.6) is 0 Å². The summed E-state index contributed by atoms with van der Waals surface area (Å²) in [6.07, 6.45) is -0.806. The third kappa shape index (κ3) is 5.43. The van der Waals surface area contributed by atoms with Crippen molar-refractivity contribution in [3.05, 3.63) is 29.8 Å². The van der Waals surface area contributed by atoms with Gasteiger partial charge >= 0.3 is 5.51 Å². The Balaban J connectivity index is 2.61. The Morgan fingerprint density at radius 3 is 2.35 bits per heavy atom. The molecule has 1 aromatic rings. The molecule has 6 heteroatoms. The van der Waals surface area contributed by atoms with Gasteiger partial charge in [0, 0.05) is 11.5 Å². The quantitative estimate of drug-likeness (QED) is 0.829. The molecular weight excluding hydrogens is 253 g/mol. The van der Waals surface area contributed by atoms with E-state index in [4.69, 9.17) is 4.74 Å². The third-order valence-corrected chi connectivity index (χ3v) is 2.72. The number of benzene rings is 1. The number of hydrogen-bond donors (Lipinski definition) is 1. The number of alkyl halides is 3. The zero-order valence-electron chi connectivity index (χ0n) is 9.20. The van der Waals surface area contributed by atoms with Crippen LogP contribution in [0.4, 0.5) is 13.2 Å². The Labute approximate surface area is 102 Å². The molecule has 1 rings (SSSR count). The van der Waals surface area contributed by atoms with Gasteiger partial charge in [-0.05, 0) is 36.4 Å². The van der Waals surface area contributed by atoms with E-state index in [0.29, 0.717) is 12.2 Å². The number of aliphatic hydroxyl groups is 1. The van der Waals surface area contributed by atoms with Crippen molar-refractivity contribution in [2.24, 2.45) is 0 Å². The van der Waals surface area contributed by atoms with Gasteiger partial charge < -0.3 is 9.84 Å². The first kappa shape index (κ1) is 14.3. The van der Waals surface area contributed by atoms with Gasteiger partial charge in [-0.1, -0.05) is 12.1 Å². The fourth-order valence-electron chi connectivity index (χ4n) is 1.22. The van der Waals surface area contributed by atoms with Crippen molar-refractivity contribution < 1.29 is 23.0 Å². The van der Waals surface area contributed by atoms with Gasteiger partial charge in [0.05, 0.1) is 6.61 Å². The second-order valence-corrected chi connectivity index (χ2v) is 4.43. The molecule has 0 saturated carbocycles. The molecule has 0 heterocycles. The van der Waals surface area contributed by atoms with Crippen LogP contribution in [0, 0.1) is 0 Å². The van der Waals surface area contributed by atoms with Crippen LogP contribution in [0.25, 0.3) is 0 Å². The number of halogens is 3. The molecule has 1 atom stereocenters. The highest BCUT2D eigenvalue weighted by molar-refractivity contribution is 8.00. The highest BCUT2D eigenvalue weighted by Crippen LogP contribution is 2.36. The average molecular weight is 266 g/mol. The predicted octanol–water partition coefficient (Wildman–Crippen LogP) is 3.37. The predicted molar refractivity (Wildman–Crippen MR) is 59.8 cm³/mol. The molecule has 0 aromatic heterocycles. The largest absolute Gasteiger partial charge is 0.446 e. The Morgan fingerprint density at radius 1 is 1.29 bits per heavy atom. The van der Waals surface area contributed by atoms with Crippen molar-refractivity contribution in [2.75, 3.05) is 13.2 Å². The van der Waals surface area contributed by atoms with Crippen LogP contribution < -0.4 is 0 Å². The van der Waals surface area contributed by atoms with Crippen LogP contribution >= 0.6 is 11.8 Å². The molecule has 1 aromatic carbocycles. The van der Waals surface area contributed by atoms with E-state index in [1.807, 2.05) is 0 Å². The van der Waals surface area contributed by atoms with Crippen LogP contribution in [0.2, 0.25) is 0 Å². The van der Waals surface area contributed by atoms with E-state index in [1.54, 1.807) is 6.92 Å². The van der Waals surface area contributed by atoms with Gasteiger partial charge in [0.25, 0.3) is 0 Å². The summed E-state index contributed by atoms with van der Waals surface area (Å²) in [5.74, 6) is 0. The highest BCUT2D eigenvalue weighted by atomic mass is 32.2. The summed E-state index contributed by atoms with van der Waals surface area (Å²) in [6.45, 7) is 2.43. The van der Waals surface area contributed by atoms with Crippen molar-refractivity contribution in [1.29, 1.82) is 0 Å². The summed E-state index contributed by atoms with van der Waals surface area (Å²) >= 11 is -0.174. The van der Waals surface area contributed by atoms with Crippen molar-refractivity contribution in [1.82, 2.24) is 0 Å². The van der Waals surface area contributed by atoms with Crippen molar-refractivity contribution >= 4 is 11.8 Å². The van der Waals surface area contributed by atoms with Crippen molar-refractivity contribution in [3.63, 3.8) is 0 Å². The van der Waals surface area contributed by atoms with Gasteiger partial charge in [-0.25, -0.2) is 0 Å². The molecule has 96 valence electrons. The minimum absolute atomic E-state index is 0.102. The molecule has 17 heavy (non-hydrogen) atoms. The van der Waals surface area contributed by atoms with Crippen LogP contribution in [0.15, 0.2) is 29.2 Å². The summed E-state index contributed by atoms with van der Waals surface area (Å²) in [7, 11) is 0. The molecular formula is C11H13F3O2S. The first-order valence-electron chi connectivity index (χ1n) is 5.04. The van der Waals surface area contributed by atoms with Crippen LogP contribution in [0.3, 0.4) is 0 Å². The lowest BCUT2D eigenvalue weighted by Gasteiger charge is -2.11. The molecule has 1 unspecified atom stereocenters. The van der Waals surface area contributed by atoms with Crippen molar-refractivity contribution in [2.45, 2.75) is 23.4 Å². The zero-order valence-corrected chi connectivity index (χ0v) is 10.0. The minimum atomic E-state index is -4.29. The first-order chi connectivity index (χ1) is 7.92. The fourth-order valence-corrected chi connectivity index (χ4v) is 1.76. The van der Waals surface area contributed by atoms with Gasteiger partial charge in [0.1, 0.15) is 6.10 Å². The molecule has 0 aliphatic heterocycles. The highest BCUT2D eigenvalue weighted by Gasteiger charge is 2.29. The molecule has 0 fully saturated rings. The SMILES string of the molecule is CCOCC(O)c1ccc(SC(F)(F)F)cc1. The first-order valence-corrected chi connectivity index (χ1v) is 5.85. The second-order valence-electron chi connectivity index (χ2n) is 3.29. The number of rotatable bonds is 5. The summed E-state index contributed by atoms with van der Waals surface area (Å²) in [4.78, 5) is 0.102. The van der Waals surface area contributed by atoms with E-state index in [9.17, 15) is 18.3 Å². The lowest BCUT2D eigenvalue weighted by Crippen LogP contribution is -2.07. The molecule has 0 radical (unpaired) electrons. The van der Waals surface area contributed by atoms with E-state index < -0.39 is 11.6 Å². The van der Waals surface area contributed by atoms with E-state index in [-0.39, 0.29) is 23.3 Å². The Bertz CT molecular complexity index is 338.